The number of carbonyl (C=O) groups is 3. The van der Waals surface area contributed by atoms with Crippen LogP contribution in [0.25, 0.3) is 11.8 Å². The molecule has 2 aromatic rings. The van der Waals surface area contributed by atoms with Gasteiger partial charge in [0.1, 0.15) is 11.6 Å². The number of esters is 1. The number of primary amides is 1. The molecule has 0 aliphatic heterocycles. The fourth-order valence-corrected chi connectivity index (χ4v) is 3.10. The summed E-state index contributed by atoms with van der Waals surface area (Å²) in [7, 11) is 0. The van der Waals surface area contributed by atoms with Gasteiger partial charge in [-0.3, -0.25) is 10.1 Å². The third kappa shape index (κ3) is 5.67. The molecule has 0 aliphatic carbocycles. The Morgan fingerprint density at radius 1 is 1.28 bits per heavy atom. The second-order valence-electron chi connectivity index (χ2n) is 6.48. The van der Waals surface area contributed by atoms with Crippen LogP contribution in [0.4, 0.5) is 18.0 Å². The molecule has 2 rings (SSSR count). The monoisotopic (exact) mass is 468 g/mol. The molecule has 0 bridgehead atoms. The Labute approximate surface area is 185 Å². The van der Waals surface area contributed by atoms with Crippen molar-refractivity contribution >= 4 is 35.6 Å². The van der Waals surface area contributed by atoms with Crippen molar-refractivity contribution in [1.29, 1.82) is 5.26 Å². The fraction of sp³-hybridized carbons (Fsp3) is 0.200. The van der Waals surface area contributed by atoms with Crippen molar-refractivity contribution in [2.45, 2.75) is 20.0 Å². The van der Waals surface area contributed by atoms with E-state index in [9.17, 15) is 32.8 Å². The van der Waals surface area contributed by atoms with Gasteiger partial charge >= 0.3 is 18.2 Å². The van der Waals surface area contributed by atoms with Gasteiger partial charge < -0.3 is 15.0 Å². The highest BCUT2D eigenvalue weighted by Crippen LogP contribution is 2.36. The Bertz CT molecular complexity index is 1160. The van der Waals surface area contributed by atoms with E-state index in [2.05, 4.69) is 4.74 Å². The molecule has 0 fully saturated rings. The van der Waals surface area contributed by atoms with Crippen LogP contribution in [0.2, 0.25) is 5.02 Å². The molecule has 12 heteroatoms. The summed E-state index contributed by atoms with van der Waals surface area (Å²) in [6.07, 6.45) is -3.48. The molecule has 1 aromatic carbocycles. The highest BCUT2D eigenvalue weighted by molar-refractivity contribution is 6.31. The number of aromatic nitrogens is 1. The second-order valence-corrected chi connectivity index (χ2v) is 6.89. The van der Waals surface area contributed by atoms with Crippen molar-refractivity contribution in [3.05, 3.63) is 57.4 Å². The van der Waals surface area contributed by atoms with E-state index in [0.717, 1.165) is 12.1 Å². The van der Waals surface area contributed by atoms with Crippen LogP contribution in [0.5, 0.6) is 0 Å². The summed E-state index contributed by atoms with van der Waals surface area (Å²) >= 11 is 5.68. The van der Waals surface area contributed by atoms with Gasteiger partial charge in [-0.15, -0.1) is 0 Å². The number of carbonyl (C=O) groups excluding carboxylic acids is 3. The number of nitrogens with zero attached hydrogens (tertiary/aromatic N) is 2. The minimum atomic E-state index is -4.65. The van der Waals surface area contributed by atoms with E-state index in [1.165, 1.54) is 16.7 Å². The molecule has 0 spiro atoms. The maximum absolute atomic E-state index is 13.2. The van der Waals surface area contributed by atoms with Crippen molar-refractivity contribution in [2.75, 3.05) is 6.61 Å². The molecule has 0 atom stereocenters. The number of hydrogen-bond acceptors (Lipinski definition) is 5. The lowest BCUT2D eigenvalue weighted by molar-refractivity contribution is -0.144. The summed E-state index contributed by atoms with van der Waals surface area (Å²) in [6, 6.07) is 5.49. The Balaban J connectivity index is 2.37. The van der Waals surface area contributed by atoms with Crippen LogP contribution < -0.4 is 11.1 Å². The van der Waals surface area contributed by atoms with Crippen LogP contribution in [0.3, 0.4) is 0 Å². The van der Waals surface area contributed by atoms with Gasteiger partial charge in [-0.1, -0.05) is 11.6 Å². The van der Waals surface area contributed by atoms with Crippen LogP contribution in [0.1, 0.15) is 22.5 Å². The number of nitrogens with two attached hydrogens (primary N) is 1. The van der Waals surface area contributed by atoms with E-state index in [0.29, 0.717) is 17.0 Å². The molecule has 0 unspecified atom stereocenters. The predicted molar refractivity (Wildman–Crippen MR) is 108 cm³/mol. The molecule has 1 aromatic heterocycles. The summed E-state index contributed by atoms with van der Waals surface area (Å²) in [6.45, 7) is 2.37. The van der Waals surface area contributed by atoms with Gasteiger partial charge in [0.2, 0.25) is 0 Å². The number of hydrogen-bond donors (Lipinski definition) is 2. The molecular weight excluding hydrogens is 453 g/mol. The molecule has 0 aliphatic rings. The lowest BCUT2D eigenvalue weighted by atomic mass is 10.1. The summed E-state index contributed by atoms with van der Waals surface area (Å²) in [4.78, 5) is 34.0. The van der Waals surface area contributed by atoms with Crippen molar-refractivity contribution in [1.82, 2.24) is 9.88 Å². The summed E-state index contributed by atoms with van der Waals surface area (Å²) in [5.41, 5.74) is 4.79. The maximum Gasteiger partial charge on any atom is 0.417 e. The Morgan fingerprint density at radius 2 is 1.94 bits per heavy atom. The molecule has 3 amide bonds. The summed E-state index contributed by atoms with van der Waals surface area (Å²) in [5.74, 6) is -2.12. The van der Waals surface area contributed by atoms with E-state index in [1.54, 1.807) is 31.3 Å². The van der Waals surface area contributed by atoms with E-state index in [1.807, 2.05) is 0 Å². The third-order valence-corrected chi connectivity index (χ3v) is 4.55. The number of nitriles is 1. The summed E-state index contributed by atoms with van der Waals surface area (Å²) in [5, 5.41) is 10.5. The van der Waals surface area contributed by atoms with Crippen LogP contribution in [0.15, 0.2) is 29.8 Å². The standard InChI is InChI=1S/C20H16ClF3N4O4/c1-10-5-12(6-13(8-25)18(30)32-9-17(29)27-19(26)31)11(2)28(10)14-3-4-16(21)15(7-14)20(22,23)24/h3-7H,9H2,1-2H3,(H3,26,27,29,31)/b13-6+. The lowest BCUT2D eigenvalue weighted by Gasteiger charge is -2.14. The number of ether oxygens (including phenoxy) is 1. The quantitative estimate of drug-likeness (QED) is 0.395. The van der Waals surface area contributed by atoms with Crippen molar-refractivity contribution in [3.63, 3.8) is 0 Å². The van der Waals surface area contributed by atoms with Crippen LogP contribution in [-0.2, 0) is 20.5 Å². The number of imide groups is 1. The van der Waals surface area contributed by atoms with E-state index in [-0.39, 0.29) is 5.69 Å². The first kappa shape index (κ1) is 24.5. The van der Waals surface area contributed by atoms with Crippen LogP contribution >= 0.6 is 11.6 Å². The number of rotatable bonds is 5. The van der Waals surface area contributed by atoms with E-state index >= 15 is 0 Å². The number of nitrogens with one attached hydrogen (secondary N) is 1. The van der Waals surface area contributed by atoms with Crippen molar-refractivity contribution in [3.8, 4) is 11.8 Å². The van der Waals surface area contributed by atoms with E-state index in [4.69, 9.17) is 17.3 Å². The number of alkyl halides is 3. The van der Waals surface area contributed by atoms with Gasteiger partial charge in [-0.2, -0.15) is 18.4 Å². The average Bonchev–Trinajstić information content (AvgIpc) is 2.96. The Kier molecular flexibility index (Phi) is 7.32. The number of urea groups is 1. The largest absolute Gasteiger partial charge is 0.451 e. The fourth-order valence-electron chi connectivity index (χ4n) is 2.88. The normalized spacial score (nSPS) is 11.6. The van der Waals surface area contributed by atoms with Crippen molar-refractivity contribution < 1.29 is 32.3 Å². The second kappa shape index (κ2) is 9.57. The molecule has 3 N–H and O–H groups in total. The van der Waals surface area contributed by atoms with E-state index < -0.39 is 46.8 Å². The van der Waals surface area contributed by atoms with Gasteiger partial charge in [-0.25, -0.2) is 9.59 Å². The zero-order chi connectivity index (χ0) is 24.2. The molecule has 32 heavy (non-hydrogen) atoms. The van der Waals surface area contributed by atoms with Crippen LogP contribution in [0, 0.1) is 25.2 Å². The molecule has 1 heterocycles. The minimum Gasteiger partial charge on any atom is -0.451 e. The third-order valence-electron chi connectivity index (χ3n) is 4.22. The molecule has 8 nitrogen and oxygen atoms in total. The minimum absolute atomic E-state index is 0.181. The highest BCUT2D eigenvalue weighted by Gasteiger charge is 2.33. The Hall–Kier alpha value is -3.78. The molecular formula is C20H16ClF3N4O4. The SMILES string of the molecule is Cc1cc(/C=C(\C#N)C(=O)OCC(=O)NC(N)=O)c(C)n1-c1ccc(Cl)c(C(F)(F)F)c1. The highest BCUT2D eigenvalue weighted by atomic mass is 35.5. The number of benzene rings is 1. The smallest absolute Gasteiger partial charge is 0.417 e. The Morgan fingerprint density at radius 3 is 2.50 bits per heavy atom. The van der Waals surface area contributed by atoms with Crippen LogP contribution in [-0.4, -0.2) is 29.1 Å². The first-order valence-electron chi connectivity index (χ1n) is 8.79. The first-order valence-corrected chi connectivity index (χ1v) is 9.17. The summed E-state index contributed by atoms with van der Waals surface area (Å²) < 4.78 is 45.8. The maximum atomic E-state index is 13.2. The zero-order valence-corrected chi connectivity index (χ0v) is 17.5. The first-order chi connectivity index (χ1) is 14.8. The van der Waals surface area contributed by atoms with Gasteiger partial charge in [0.15, 0.2) is 6.61 Å². The number of amides is 3. The van der Waals surface area contributed by atoms with Gasteiger partial charge in [0.05, 0.1) is 10.6 Å². The topological polar surface area (TPSA) is 127 Å². The van der Waals surface area contributed by atoms with Gasteiger partial charge in [0.25, 0.3) is 5.91 Å². The van der Waals surface area contributed by atoms with Crippen molar-refractivity contribution in [2.24, 2.45) is 5.73 Å². The number of aryl methyl sites for hydroxylation is 1. The lowest BCUT2D eigenvalue weighted by Crippen LogP contribution is -2.37. The predicted octanol–water partition coefficient (Wildman–Crippen LogP) is 3.41. The van der Waals surface area contributed by atoms with Gasteiger partial charge in [-0.05, 0) is 49.8 Å². The average molecular weight is 469 g/mol. The molecule has 0 radical (unpaired) electrons. The molecule has 0 saturated carbocycles. The molecule has 168 valence electrons. The van der Waals surface area contributed by atoms with Gasteiger partial charge in [0, 0.05) is 17.1 Å². The number of halogens is 4. The molecule has 0 saturated heterocycles. The zero-order valence-electron chi connectivity index (χ0n) is 16.7.